The summed E-state index contributed by atoms with van der Waals surface area (Å²) < 4.78 is 0. The van der Waals surface area contributed by atoms with E-state index in [2.05, 4.69) is 15.6 Å². The van der Waals surface area contributed by atoms with Gasteiger partial charge in [0.1, 0.15) is 5.82 Å². The maximum absolute atomic E-state index is 11.8. The van der Waals surface area contributed by atoms with Crippen molar-refractivity contribution in [3.8, 4) is 0 Å². The molecule has 1 fully saturated rings. The minimum atomic E-state index is -0.102. The van der Waals surface area contributed by atoms with E-state index in [1.807, 2.05) is 0 Å². The van der Waals surface area contributed by atoms with E-state index in [1.54, 1.807) is 18.3 Å². The largest absolute Gasteiger partial charge is 0.309 e. The van der Waals surface area contributed by atoms with Crippen molar-refractivity contribution in [1.82, 2.24) is 10.3 Å². The Morgan fingerprint density at radius 2 is 2.44 bits per heavy atom. The Balaban J connectivity index is 1.96. The van der Waals surface area contributed by atoms with E-state index in [0.717, 1.165) is 25.8 Å². The Morgan fingerprint density at radius 3 is 3.12 bits per heavy atom. The molecule has 0 aromatic carbocycles. The first-order chi connectivity index (χ1) is 7.75. The van der Waals surface area contributed by atoms with E-state index in [4.69, 9.17) is 11.6 Å². The average molecular weight is 240 g/mol. The molecule has 2 N–H and O–H groups in total. The van der Waals surface area contributed by atoms with Crippen molar-refractivity contribution in [2.24, 2.45) is 0 Å². The smallest absolute Gasteiger partial charge is 0.242 e. The van der Waals surface area contributed by atoms with Gasteiger partial charge in [0, 0.05) is 11.2 Å². The van der Waals surface area contributed by atoms with Crippen LogP contribution in [-0.4, -0.2) is 23.5 Å². The van der Waals surface area contributed by atoms with Gasteiger partial charge in [-0.15, -0.1) is 0 Å². The molecule has 1 aromatic rings. The van der Waals surface area contributed by atoms with Gasteiger partial charge in [-0.2, -0.15) is 0 Å². The Kier molecular flexibility index (Phi) is 3.74. The highest BCUT2D eigenvalue weighted by molar-refractivity contribution is 6.30. The Hall–Kier alpha value is -1.13. The topological polar surface area (TPSA) is 54.0 Å². The summed E-state index contributed by atoms with van der Waals surface area (Å²) in [7, 11) is 0. The Morgan fingerprint density at radius 1 is 1.56 bits per heavy atom. The molecule has 16 heavy (non-hydrogen) atoms. The third kappa shape index (κ3) is 2.93. The number of nitrogens with one attached hydrogen (secondary N) is 2. The van der Waals surface area contributed by atoms with Gasteiger partial charge in [-0.1, -0.05) is 18.0 Å². The lowest BCUT2D eigenvalue weighted by molar-refractivity contribution is -0.118. The van der Waals surface area contributed by atoms with E-state index in [0.29, 0.717) is 10.8 Å². The predicted octanol–water partition coefficient (Wildman–Crippen LogP) is 1.82. The maximum atomic E-state index is 11.8. The lowest BCUT2D eigenvalue weighted by Crippen LogP contribution is -2.43. The maximum Gasteiger partial charge on any atom is 0.242 e. The molecule has 1 unspecified atom stereocenters. The molecule has 1 aliphatic heterocycles. The molecule has 0 spiro atoms. The first-order valence-corrected chi connectivity index (χ1v) is 5.79. The minimum Gasteiger partial charge on any atom is -0.309 e. The highest BCUT2D eigenvalue weighted by atomic mass is 35.5. The van der Waals surface area contributed by atoms with Crippen molar-refractivity contribution in [3.63, 3.8) is 0 Å². The molecule has 1 aromatic heterocycles. The number of nitrogens with zero attached hydrogens (tertiary/aromatic N) is 1. The summed E-state index contributed by atoms with van der Waals surface area (Å²) in [6, 6.07) is 3.22. The number of pyridine rings is 1. The van der Waals surface area contributed by atoms with Gasteiger partial charge in [0.15, 0.2) is 0 Å². The zero-order valence-electron chi connectivity index (χ0n) is 8.87. The van der Waals surface area contributed by atoms with Crippen LogP contribution in [0.5, 0.6) is 0 Å². The predicted molar refractivity (Wildman–Crippen MR) is 63.5 cm³/mol. The van der Waals surface area contributed by atoms with E-state index in [9.17, 15) is 4.79 Å². The first-order valence-electron chi connectivity index (χ1n) is 5.41. The summed E-state index contributed by atoms with van der Waals surface area (Å²) >= 11 is 5.81. The number of halogens is 1. The molecule has 1 aliphatic rings. The van der Waals surface area contributed by atoms with Gasteiger partial charge in [0.2, 0.25) is 5.91 Å². The van der Waals surface area contributed by atoms with Crippen molar-refractivity contribution in [1.29, 1.82) is 0 Å². The molecule has 86 valence electrons. The molecule has 4 nitrogen and oxygen atoms in total. The molecule has 1 amide bonds. The van der Waals surface area contributed by atoms with E-state index in [-0.39, 0.29) is 11.9 Å². The molecule has 1 saturated heterocycles. The average Bonchev–Trinajstić information content (AvgIpc) is 2.30. The zero-order valence-corrected chi connectivity index (χ0v) is 9.63. The fourth-order valence-corrected chi connectivity index (χ4v) is 1.92. The van der Waals surface area contributed by atoms with Gasteiger partial charge in [0.05, 0.1) is 6.04 Å². The zero-order chi connectivity index (χ0) is 11.4. The summed E-state index contributed by atoms with van der Waals surface area (Å²) in [4.78, 5) is 15.9. The number of anilines is 1. The van der Waals surface area contributed by atoms with Crippen LogP contribution < -0.4 is 10.6 Å². The second-order valence-electron chi connectivity index (χ2n) is 3.85. The number of carbonyl (C=O) groups excluding carboxylic acids is 1. The number of piperidine rings is 1. The van der Waals surface area contributed by atoms with Gasteiger partial charge >= 0.3 is 0 Å². The van der Waals surface area contributed by atoms with Gasteiger partial charge in [0.25, 0.3) is 0 Å². The van der Waals surface area contributed by atoms with Crippen LogP contribution in [0.15, 0.2) is 18.3 Å². The van der Waals surface area contributed by atoms with Gasteiger partial charge in [-0.25, -0.2) is 4.98 Å². The summed E-state index contributed by atoms with van der Waals surface area (Å²) in [6.07, 6.45) is 4.69. The molecule has 2 rings (SSSR count). The lowest BCUT2D eigenvalue weighted by Gasteiger charge is -2.22. The van der Waals surface area contributed by atoms with Crippen LogP contribution in [0, 0.1) is 0 Å². The van der Waals surface area contributed by atoms with Crippen molar-refractivity contribution in [3.05, 3.63) is 23.4 Å². The molecule has 2 heterocycles. The van der Waals surface area contributed by atoms with Crippen molar-refractivity contribution >= 4 is 23.3 Å². The molecule has 5 heteroatoms. The molecular formula is C11H14ClN3O. The van der Waals surface area contributed by atoms with Crippen LogP contribution in [0.1, 0.15) is 19.3 Å². The molecule has 0 radical (unpaired) electrons. The van der Waals surface area contributed by atoms with Crippen LogP contribution in [0.25, 0.3) is 0 Å². The monoisotopic (exact) mass is 239 g/mol. The van der Waals surface area contributed by atoms with Gasteiger partial charge < -0.3 is 10.6 Å². The van der Waals surface area contributed by atoms with Gasteiger partial charge in [-0.05, 0) is 31.5 Å². The Bertz CT molecular complexity index is 377. The quantitative estimate of drug-likeness (QED) is 0.828. The molecule has 0 aliphatic carbocycles. The van der Waals surface area contributed by atoms with Gasteiger partial charge in [-0.3, -0.25) is 4.79 Å². The standard InChI is InChI=1S/C11H14ClN3O/c12-8-4-6-14-10(7-8)15-11(16)9-3-1-2-5-13-9/h4,6-7,9,13H,1-3,5H2,(H,14,15,16). The van der Waals surface area contributed by atoms with Crippen molar-refractivity contribution in [2.75, 3.05) is 11.9 Å². The van der Waals surface area contributed by atoms with E-state index in [1.165, 1.54) is 0 Å². The summed E-state index contributed by atoms with van der Waals surface area (Å²) in [5.41, 5.74) is 0. The van der Waals surface area contributed by atoms with Crippen LogP contribution in [0.3, 0.4) is 0 Å². The van der Waals surface area contributed by atoms with E-state index >= 15 is 0 Å². The number of hydrogen-bond donors (Lipinski definition) is 2. The lowest BCUT2D eigenvalue weighted by atomic mass is 10.0. The third-order valence-electron chi connectivity index (χ3n) is 2.60. The number of amides is 1. The Labute approximate surface area is 99.4 Å². The molecule has 0 saturated carbocycles. The van der Waals surface area contributed by atoms with Crippen molar-refractivity contribution in [2.45, 2.75) is 25.3 Å². The molecular weight excluding hydrogens is 226 g/mol. The van der Waals surface area contributed by atoms with Crippen LogP contribution in [0.2, 0.25) is 5.02 Å². The normalized spacial score (nSPS) is 20.4. The van der Waals surface area contributed by atoms with Crippen LogP contribution in [0.4, 0.5) is 5.82 Å². The second-order valence-corrected chi connectivity index (χ2v) is 4.29. The SMILES string of the molecule is O=C(Nc1cc(Cl)ccn1)C1CCCCN1. The summed E-state index contributed by atoms with van der Waals surface area (Å²) in [6.45, 7) is 0.904. The van der Waals surface area contributed by atoms with Crippen LogP contribution >= 0.6 is 11.6 Å². The third-order valence-corrected chi connectivity index (χ3v) is 2.84. The number of hydrogen-bond acceptors (Lipinski definition) is 3. The van der Waals surface area contributed by atoms with E-state index < -0.39 is 0 Å². The minimum absolute atomic E-state index is 0.0329. The number of aromatic nitrogens is 1. The molecule has 0 bridgehead atoms. The van der Waals surface area contributed by atoms with Crippen molar-refractivity contribution < 1.29 is 4.79 Å². The highest BCUT2D eigenvalue weighted by Gasteiger charge is 2.20. The molecule has 1 atom stereocenters. The highest BCUT2D eigenvalue weighted by Crippen LogP contribution is 2.13. The number of carbonyl (C=O) groups is 1. The first kappa shape index (κ1) is 11.4. The summed E-state index contributed by atoms with van der Waals surface area (Å²) in [5.74, 6) is 0.472. The summed E-state index contributed by atoms with van der Waals surface area (Å²) in [5, 5.41) is 6.51. The number of rotatable bonds is 2. The fraction of sp³-hybridized carbons (Fsp3) is 0.455. The second kappa shape index (κ2) is 5.27. The van der Waals surface area contributed by atoms with Crippen LogP contribution in [-0.2, 0) is 4.79 Å². The fourth-order valence-electron chi connectivity index (χ4n) is 1.76.